The molecule has 0 spiro atoms. The largest absolute Gasteiger partial charge is 0.544 e. The lowest BCUT2D eigenvalue weighted by Gasteiger charge is -2.19. The molecule has 0 radical (unpaired) electrons. The van der Waals surface area contributed by atoms with E-state index in [1.165, 1.54) is 0 Å². The number of hydrogen-bond acceptors (Lipinski definition) is 5. The third-order valence-electron chi connectivity index (χ3n) is 1.98. The van der Waals surface area contributed by atoms with Gasteiger partial charge in [0.25, 0.3) is 0 Å². The molecule has 0 fully saturated rings. The van der Waals surface area contributed by atoms with Crippen molar-refractivity contribution in [3.8, 4) is 0 Å². The van der Waals surface area contributed by atoms with Crippen LogP contribution in [0.25, 0.3) is 0 Å². The second kappa shape index (κ2) is 3.58. The topological polar surface area (TPSA) is 140 Å². The van der Waals surface area contributed by atoms with E-state index in [2.05, 4.69) is 16.0 Å². The summed E-state index contributed by atoms with van der Waals surface area (Å²) in [6, 6.07) is -1.59. The average Bonchev–Trinajstić information content (AvgIpc) is 2.49. The molecule has 13 heavy (non-hydrogen) atoms. The first-order valence-electron chi connectivity index (χ1n) is 3.87. The Bertz CT molecular complexity index is 242. The molecule has 1 rings (SSSR count). The zero-order chi connectivity index (χ0) is 10.0. The van der Waals surface area contributed by atoms with Gasteiger partial charge in [0.05, 0.1) is 0 Å². The Morgan fingerprint density at radius 1 is 1.92 bits per heavy atom. The molecule has 1 aliphatic rings. The maximum Gasteiger partial charge on any atom is 0.341 e. The number of rotatable bonds is 3. The summed E-state index contributed by atoms with van der Waals surface area (Å²) in [5, 5.41) is 22.5. The van der Waals surface area contributed by atoms with E-state index < -0.39 is 24.2 Å². The van der Waals surface area contributed by atoms with Gasteiger partial charge in [-0.1, -0.05) is 0 Å². The molecule has 74 valence electrons. The third kappa shape index (κ3) is 2.07. The Labute approximate surface area is 74.4 Å². The Morgan fingerprint density at radius 2 is 2.54 bits per heavy atom. The molecule has 0 saturated heterocycles. The molecule has 7 nitrogen and oxygen atoms in total. The van der Waals surface area contributed by atoms with Crippen molar-refractivity contribution in [3.05, 3.63) is 0 Å². The van der Waals surface area contributed by atoms with Crippen LogP contribution in [0.15, 0.2) is 0 Å². The van der Waals surface area contributed by atoms with Crippen molar-refractivity contribution >= 4 is 11.9 Å². The van der Waals surface area contributed by atoms with Crippen LogP contribution in [0.4, 0.5) is 0 Å². The zero-order valence-corrected chi connectivity index (χ0v) is 6.99. The highest BCUT2D eigenvalue weighted by atomic mass is 16.4. The van der Waals surface area contributed by atoms with Crippen LogP contribution in [-0.4, -0.2) is 41.8 Å². The van der Waals surface area contributed by atoms with Gasteiger partial charge in [0.1, 0.15) is 24.7 Å². The van der Waals surface area contributed by atoms with Crippen LogP contribution >= 0.6 is 0 Å². The van der Waals surface area contributed by atoms with E-state index in [-0.39, 0.29) is 0 Å². The maximum atomic E-state index is 10.4. The van der Waals surface area contributed by atoms with E-state index in [0.29, 0.717) is 12.5 Å². The lowest BCUT2D eigenvalue weighted by molar-refractivity contribution is -0.468. The van der Waals surface area contributed by atoms with Crippen LogP contribution < -0.4 is 26.9 Å². The van der Waals surface area contributed by atoms with Gasteiger partial charge >= 0.3 is 5.96 Å². The number of carboxylic acids is 1. The minimum absolute atomic E-state index is 0.328. The van der Waals surface area contributed by atoms with E-state index in [0.717, 1.165) is 0 Å². The molecule has 1 heterocycles. The van der Waals surface area contributed by atoms with Crippen LogP contribution in [-0.2, 0) is 4.79 Å². The van der Waals surface area contributed by atoms with Crippen molar-refractivity contribution in [1.82, 2.24) is 5.32 Å². The van der Waals surface area contributed by atoms with Gasteiger partial charge in [-0.15, -0.1) is 0 Å². The maximum absolute atomic E-state index is 10.4. The second-order valence-electron chi connectivity index (χ2n) is 2.96. The summed E-state index contributed by atoms with van der Waals surface area (Å²) in [5.74, 6) is -1.05. The van der Waals surface area contributed by atoms with Crippen molar-refractivity contribution < 1.29 is 25.7 Å². The smallest absolute Gasteiger partial charge is 0.341 e. The molecule has 0 aliphatic carbocycles. The molecule has 0 unspecified atom stereocenters. The molecule has 0 bridgehead atoms. The monoisotopic (exact) mass is 189 g/mol. The number of aliphatic hydroxyl groups is 1. The number of hydrogen-bond donors (Lipinski definition) is 5. The number of aliphatic carboxylic acids is 1. The highest BCUT2D eigenvalue weighted by molar-refractivity contribution is 5.74. The summed E-state index contributed by atoms with van der Waals surface area (Å²) < 4.78 is 0. The SMILES string of the molecule is NC1=[NH+]C[C@@H]([C@H](O)[C@H]([NH3+])C(=O)[O-])N1. The Morgan fingerprint density at radius 3 is 2.92 bits per heavy atom. The Hall–Kier alpha value is -1.34. The van der Waals surface area contributed by atoms with Crippen molar-refractivity contribution in [2.45, 2.75) is 18.2 Å². The molecule has 3 atom stereocenters. The Kier molecular flexibility index (Phi) is 2.69. The van der Waals surface area contributed by atoms with Crippen molar-refractivity contribution in [3.63, 3.8) is 0 Å². The molecule has 0 saturated carbocycles. The van der Waals surface area contributed by atoms with Crippen LogP contribution in [0, 0.1) is 0 Å². The molecular weight excluding hydrogens is 176 g/mol. The fourth-order valence-corrected chi connectivity index (χ4v) is 1.15. The van der Waals surface area contributed by atoms with Gasteiger partial charge in [-0.2, -0.15) is 0 Å². The number of nitrogens with one attached hydrogen (secondary N) is 2. The number of nitrogens with two attached hydrogens (primary N) is 1. The number of aliphatic hydroxyl groups excluding tert-OH is 1. The van der Waals surface area contributed by atoms with Crippen molar-refractivity contribution in [1.29, 1.82) is 0 Å². The molecule has 0 amide bonds. The molecule has 7 heteroatoms. The number of carboxylic acid groups (broad SMARTS) is 1. The number of carbonyl (C=O) groups excluding carboxylic acids is 1. The van der Waals surface area contributed by atoms with Crippen molar-refractivity contribution in [2.24, 2.45) is 5.73 Å². The summed E-state index contributed by atoms with van der Waals surface area (Å²) in [7, 11) is 0. The minimum atomic E-state index is -1.38. The average molecular weight is 189 g/mol. The van der Waals surface area contributed by atoms with Gasteiger partial charge in [-0.25, -0.2) is 0 Å². The first kappa shape index (κ1) is 9.75. The molecule has 0 aromatic heterocycles. The summed E-state index contributed by atoms with van der Waals surface area (Å²) >= 11 is 0. The highest BCUT2D eigenvalue weighted by Gasteiger charge is 2.34. The van der Waals surface area contributed by atoms with Crippen LogP contribution in [0.5, 0.6) is 0 Å². The number of quaternary nitrogens is 1. The summed E-state index contributed by atoms with van der Waals surface area (Å²) in [5.41, 5.74) is 8.62. The van der Waals surface area contributed by atoms with Crippen molar-refractivity contribution in [2.75, 3.05) is 6.54 Å². The number of guanidine groups is 1. The van der Waals surface area contributed by atoms with Gasteiger partial charge < -0.3 is 20.7 Å². The van der Waals surface area contributed by atoms with E-state index in [4.69, 9.17) is 5.73 Å². The summed E-state index contributed by atoms with van der Waals surface area (Å²) in [6.45, 7) is 0.381. The highest BCUT2D eigenvalue weighted by Crippen LogP contribution is 1.95. The van der Waals surface area contributed by atoms with Gasteiger partial charge in [-0.05, 0) is 0 Å². The van der Waals surface area contributed by atoms with Gasteiger partial charge in [0.2, 0.25) is 0 Å². The van der Waals surface area contributed by atoms with E-state index >= 15 is 0 Å². The lowest BCUT2D eigenvalue weighted by atomic mass is 10.1. The normalized spacial score (nSPS) is 26.0. The first-order valence-corrected chi connectivity index (χ1v) is 3.87. The number of carbonyl (C=O) groups is 1. The van der Waals surface area contributed by atoms with Gasteiger partial charge in [0, 0.05) is 0 Å². The quantitative estimate of drug-likeness (QED) is 0.300. The van der Waals surface area contributed by atoms with Crippen LogP contribution in [0.1, 0.15) is 0 Å². The fraction of sp³-hybridized carbons (Fsp3) is 0.667. The molecule has 8 N–H and O–H groups in total. The first-order chi connectivity index (χ1) is 6.02. The molecule has 0 aromatic carbocycles. The van der Waals surface area contributed by atoms with E-state index in [1.54, 1.807) is 0 Å². The van der Waals surface area contributed by atoms with Crippen LogP contribution in [0.2, 0.25) is 0 Å². The van der Waals surface area contributed by atoms with Gasteiger partial charge in [-0.3, -0.25) is 16.0 Å². The molecule has 1 aliphatic heterocycles. The lowest BCUT2D eigenvalue weighted by Crippen LogP contribution is -2.77. The fourth-order valence-electron chi connectivity index (χ4n) is 1.15. The minimum Gasteiger partial charge on any atom is -0.544 e. The predicted molar refractivity (Wildman–Crippen MR) is 39.6 cm³/mol. The van der Waals surface area contributed by atoms with E-state index in [1.807, 2.05) is 0 Å². The Balaban J connectivity index is 2.50. The molecular formula is C6H13N4O3+. The molecule has 0 aromatic rings. The summed E-state index contributed by atoms with van der Waals surface area (Å²) in [6.07, 6.45) is -1.11. The van der Waals surface area contributed by atoms with Gasteiger partial charge in [0.15, 0.2) is 6.04 Å². The second-order valence-corrected chi connectivity index (χ2v) is 2.96. The van der Waals surface area contributed by atoms with E-state index in [9.17, 15) is 15.0 Å². The standard InChI is InChI=1S/C6H12N4O3/c7-3(5(12)13)4(11)2-1-9-6(8)10-2/h2-4,11H,1,7H2,(H,12,13)(H3,8,9,10)/p+1/t2-,3-,4-/m0/s1. The predicted octanol–water partition coefficient (Wildman–Crippen LogP) is -6.93. The summed E-state index contributed by atoms with van der Waals surface area (Å²) in [4.78, 5) is 13.1. The van der Waals surface area contributed by atoms with Crippen LogP contribution in [0.3, 0.4) is 0 Å². The third-order valence-corrected chi connectivity index (χ3v) is 1.98. The zero-order valence-electron chi connectivity index (χ0n) is 6.99.